The first-order chi connectivity index (χ1) is 14.3. The normalized spacial score (nSPS) is 14.5. The van der Waals surface area contributed by atoms with Crippen molar-refractivity contribution in [2.24, 2.45) is 0 Å². The standard InChI is InChI=1S/C23H31N3O3/c1-2-28-18-22-10-6-4-8-20(22)16-25-23(27)24-15-19-7-3-5-9-21(19)17-26-11-13-29-14-12-26/h3-10H,2,11-18H2,1H3,(H2,24,25,27). The predicted octanol–water partition coefficient (Wildman–Crippen LogP) is 3.05. The number of benzene rings is 2. The Hall–Kier alpha value is -2.41. The molecule has 1 saturated heterocycles. The van der Waals surface area contributed by atoms with Crippen molar-refractivity contribution in [3.63, 3.8) is 0 Å². The van der Waals surface area contributed by atoms with Crippen molar-refractivity contribution in [1.29, 1.82) is 0 Å². The average molecular weight is 398 g/mol. The van der Waals surface area contributed by atoms with Crippen molar-refractivity contribution < 1.29 is 14.3 Å². The van der Waals surface area contributed by atoms with Crippen LogP contribution in [0, 0.1) is 0 Å². The Morgan fingerprint density at radius 1 is 0.931 bits per heavy atom. The Labute approximate surface area is 173 Å². The third kappa shape index (κ3) is 6.85. The molecule has 0 saturated carbocycles. The lowest BCUT2D eigenvalue weighted by molar-refractivity contribution is 0.0341. The monoisotopic (exact) mass is 397 g/mol. The Balaban J connectivity index is 1.50. The van der Waals surface area contributed by atoms with Crippen LogP contribution in [0.1, 0.15) is 29.2 Å². The van der Waals surface area contributed by atoms with E-state index in [2.05, 4.69) is 33.7 Å². The Kier molecular flexibility index (Phi) is 8.49. The first kappa shape index (κ1) is 21.3. The molecule has 6 nitrogen and oxygen atoms in total. The number of morpholine rings is 1. The van der Waals surface area contributed by atoms with Gasteiger partial charge in [-0.05, 0) is 29.2 Å². The number of carbonyl (C=O) groups is 1. The highest BCUT2D eigenvalue weighted by atomic mass is 16.5. The molecule has 0 unspecified atom stereocenters. The molecule has 0 atom stereocenters. The van der Waals surface area contributed by atoms with E-state index in [9.17, 15) is 4.79 Å². The fourth-order valence-corrected chi connectivity index (χ4v) is 3.38. The molecular weight excluding hydrogens is 366 g/mol. The molecule has 1 aliphatic heterocycles. The molecule has 156 valence electrons. The molecule has 2 amide bonds. The van der Waals surface area contributed by atoms with Gasteiger partial charge < -0.3 is 20.1 Å². The smallest absolute Gasteiger partial charge is 0.315 e. The van der Waals surface area contributed by atoms with Crippen LogP contribution in [-0.2, 0) is 35.7 Å². The van der Waals surface area contributed by atoms with E-state index in [1.807, 2.05) is 37.3 Å². The maximum Gasteiger partial charge on any atom is 0.315 e. The molecular formula is C23H31N3O3. The van der Waals surface area contributed by atoms with Crippen molar-refractivity contribution in [1.82, 2.24) is 15.5 Å². The second-order valence-electron chi connectivity index (χ2n) is 7.10. The second kappa shape index (κ2) is 11.6. The summed E-state index contributed by atoms with van der Waals surface area (Å²) in [5.41, 5.74) is 4.57. The lowest BCUT2D eigenvalue weighted by atomic mass is 10.1. The Bertz CT molecular complexity index is 775. The number of hydrogen-bond acceptors (Lipinski definition) is 4. The second-order valence-corrected chi connectivity index (χ2v) is 7.10. The summed E-state index contributed by atoms with van der Waals surface area (Å²) in [7, 11) is 0. The van der Waals surface area contributed by atoms with Gasteiger partial charge in [-0.15, -0.1) is 0 Å². The topological polar surface area (TPSA) is 62.8 Å². The minimum atomic E-state index is -0.169. The van der Waals surface area contributed by atoms with Gasteiger partial charge in [-0.2, -0.15) is 0 Å². The van der Waals surface area contributed by atoms with Crippen LogP contribution in [0.4, 0.5) is 4.79 Å². The number of ether oxygens (including phenoxy) is 2. The van der Waals surface area contributed by atoms with Crippen LogP contribution in [0.5, 0.6) is 0 Å². The van der Waals surface area contributed by atoms with Gasteiger partial charge in [-0.1, -0.05) is 48.5 Å². The van der Waals surface area contributed by atoms with Gasteiger partial charge in [0.2, 0.25) is 0 Å². The van der Waals surface area contributed by atoms with Crippen LogP contribution in [0.25, 0.3) is 0 Å². The number of amides is 2. The molecule has 2 aromatic carbocycles. The molecule has 0 spiro atoms. The van der Waals surface area contributed by atoms with Gasteiger partial charge in [0.15, 0.2) is 0 Å². The van der Waals surface area contributed by atoms with Gasteiger partial charge in [-0.25, -0.2) is 4.79 Å². The maximum absolute atomic E-state index is 12.3. The zero-order valence-electron chi connectivity index (χ0n) is 17.2. The highest BCUT2D eigenvalue weighted by Gasteiger charge is 2.13. The molecule has 3 rings (SSSR count). The number of rotatable bonds is 9. The number of nitrogens with one attached hydrogen (secondary N) is 2. The summed E-state index contributed by atoms with van der Waals surface area (Å²) >= 11 is 0. The van der Waals surface area contributed by atoms with Crippen LogP contribution >= 0.6 is 0 Å². The SMILES string of the molecule is CCOCc1ccccc1CNC(=O)NCc1ccccc1CN1CCOCC1. The van der Waals surface area contributed by atoms with Crippen LogP contribution < -0.4 is 10.6 Å². The van der Waals surface area contributed by atoms with Gasteiger partial charge in [0.1, 0.15) is 0 Å². The van der Waals surface area contributed by atoms with Crippen molar-refractivity contribution in [3.05, 3.63) is 70.8 Å². The van der Waals surface area contributed by atoms with E-state index in [1.54, 1.807) is 0 Å². The van der Waals surface area contributed by atoms with E-state index >= 15 is 0 Å². The molecule has 2 aromatic rings. The summed E-state index contributed by atoms with van der Waals surface area (Å²) in [6.07, 6.45) is 0. The highest BCUT2D eigenvalue weighted by Crippen LogP contribution is 2.13. The van der Waals surface area contributed by atoms with Gasteiger partial charge >= 0.3 is 6.03 Å². The lowest BCUT2D eigenvalue weighted by Crippen LogP contribution is -2.37. The third-order valence-corrected chi connectivity index (χ3v) is 5.07. The average Bonchev–Trinajstić information content (AvgIpc) is 2.77. The summed E-state index contributed by atoms with van der Waals surface area (Å²) in [4.78, 5) is 14.7. The molecule has 0 radical (unpaired) electrons. The van der Waals surface area contributed by atoms with Crippen LogP contribution in [0.2, 0.25) is 0 Å². The van der Waals surface area contributed by atoms with Crippen molar-refractivity contribution >= 4 is 6.03 Å². The van der Waals surface area contributed by atoms with Gasteiger partial charge in [0.25, 0.3) is 0 Å². The maximum atomic E-state index is 12.3. The molecule has 1 heterocycles. The minimum Gasteiger partial charge on any atom is -0.379 e. The summed E-state index contributed by atoms with van der Waals surface area (Å²) in [6, 6.07) is 16.1. The Morgan fingerprint density at radius 2 is 1.48 bits per heavy atom. The first-order valence-corrected chi connectivity index (χ1v) is 10.3. The van der Waals surface area contributed by atoms with Crippen LogP contribution in [0.3, 0.4) is 0 Å². The molecule has 0 bridgehead atoms. The van der Waals surface area contributed by atoms with Crippen molar-refractivity contribution in [3.8, 4) is 0 Å². The third-order valence-electron chi connectivity index (χ3n) is 5.07. The number of carbonyl (C=O) groups excluding carboxylic acids is 1. The molecule has 6 heteroatoms. The van der Waals surface area contributed by atoms with Gasteiger partial charge in [0, 0.05) is 39.3 Å². The number of urea groups is 1. The number of nitrogens with zero attached hydrogens (tertiary/aromatic N) is 1. The zero-order valence-corrected chi connectivity index (χ0v) is 17.2. The van der Waals surface area contributed by atoms with Crippen LogP contribution in [0.15, 0.2) is 48.5 Å². The van der Waals surface area contributed by atoms with E-state index in [4.69, 9.17) is 9.47 Å². The Morgan fingerprint density at radius 3 is 2.10 bits per heavy atom. The summed E-state index contributed by atoms with van der Waals surface area (Å²) in [6.45, 7) is 8.54. The first-order valence-electron chi connectivity index (χ1n) is 10.3. The quantitative estimate of drug-likeness (QED) is 0.683. The van der Waals surface area contributed by atoms with Crippen LogP contribution in [-0.4, -0.2) is 43.8 Å². The van der Waals surface area contributed by atoms with E-state index < -0.39 is 0 Å². The largest absolute Gasteiger partial charge is 0.379 e. The molecule has 2 N–H and O–H groups in total. The predicted molar refractivity (Wildman–Crippen MR) is 113 cm³/mol. The fourth-order valence-electron chi connectivity index (χ4n) is 3.38. The molecule has 1 aliphatic rings. The number of hydrogen-bond donors (Lipinski definition) is 2. The van der Waals surface area contributed by atoms with E-state index in [1.165, 1.54) is 5.56 Å². The van der Waals surface area contributed by atoms with E-state index in [0.29, 0.717) is 26.3 Å². The summed E-state index contributed by atoms with van der Waals surface area (Å²) in [5, 5.41) is 5.94. The molecule has 1 fully saturated rings. The van der Waals surface area contributed by atoms with Gasteiger partial charge in [0.05, 0.1) is 19.8 Å². The molecule has 29 heavy (non-hydrogen) atoms. The summed E-state index contributed by atoms with van der Waals surface area (Å²) in [5.74, 6) is 0. The minimum absolute atomic E-state index is 0.169. The van der Waals surface area contributed by atoms with E-state index in [-0.39, 0.29) is 6.03 Å². The highest BCUT2D eigenvalue weighted by molar-refractivity contribution is 5.73. The van der Waals surface area contributed by atoms with Crippen molar-refractivity contribution in [2.75, 3.05) is 32.9 Å². The molecule has 0 aliphatic carbocycles. The fraction of sp³-hybridized carbons (Fsp3) is 0.435. The summed E-state index contributed by atoms with van der Waals surface area (Å²) < 4.78 is 10.9. The zero-order chi connectivity index (χ0) is 20.3. The van der Waals surface area contributed by atoms with E-state index in [0.717, 1.165) is 49.5 Å². The van der Waals surface area contributed by atoms with Crippen molar-refractivity contribution in [2.45, 2.75) is 33.2 Å². The molecule has 0 aromatic heterocycles. The van der Waals surface area contributed by atoms with Gasteiger partial charge in [-0.3, -0.25) is 4.90 Å². The lowest BCUT2D eigenvalue weighted by Gasteiger charge is -2.27.